The molecular formula is C17H16N2OS. The van der Waals surface area contributed by atoms with Crippen LogP contribution in [0.15, 0.2) is 53.4 Å². The third-order valence-electron chi connectivity index (χ3n) is 3.21. The first-order valence-electron chi connectivity index (χ1n) is 6.52. The largest absolute Gasteiger partial charge is 0.367 e. The average Bonchev–Trinajstić information content (AvgIpc) is 2.54. The predicted octanol–water partition coefficient (Wildman–Crippen LogP) is 3.60. The summed E-state index contributed by atoms with van der Waals surface area (Å²) in [7, 11) is 1.85. The molecule has 21 heavy (non-hydrogen) atoms. The Hall–Kier alpha value is -2.25. The molecule has 2 rings (SSSR count). The Balaban J connectivity index is 2.09. The molecule has 0 saturated carbocycles. The molecule has 0 N–H and O–H groups in total. The van der Waals surface area contributed by atoms with E-state index in [0.717, 1.165) is 10.6 Å². The predicted molar refractivity (Wildman–Crippen MR) is 87.0 cm³/mol. The summed E-state index contributed by atoms with van der Waals surface area (Å²) < 4.78 is 0. The third kappa shape index (κ3) is 3.87. The van der Waals surface area contributed by atoms with Crippen LogP contribution in [0.4, 0.5) is 5.69 Å². The monoisotopic (exact) mass is 296 g/mol. The van der Waals surface area contributed by atoms with Crippen molar-refractivity contribution in [2.75, 3.05) is 24.7 Å². The van der Waals surface area contributed by atoms with Crippen molar-refractivity contribution in [3.05, 3.63) is 59.7 Å². The maximum Gasteiger partial charge on any atom is 0.182 e. The number of likely N-dealkylation sites (N-methyl/N-ethyl adjacent to an activating group) is 1. The summed E-state index contributed by atoms with van der Waals surface area (Å²) in [6, 6.07) is 17.0. The van der Waals surface area contributed by atoms with Gasteiger partial charge in [-0.15, -0.1) is 11.8 Å². The molecule has 0 radical (unpaired) electrons. The van der Waals surface area contributed by atoms with Gasteiger partial charge in [0.25, 0.3) is 0 Å². The van der Waals surface area contributed by atoms with E-state index < -0.39 is 0 Å². The van der Waals surface area contributed by atoms with Gasteiger partial charge in [0.15, 0.2) is 5.78 Å². The van der Waals surface area contributed by atoms with Gasteiger partial charge >= 0.3 is 0 Å². The molecule has 0 heterocycles. The second kappa shape index (κ2) is 6.96. The van der Waals surface area contributed by atoms with Crippen LogP contribution in [0, 0.1) is 11.3 Å². The summed E-state index contributed by atoms with van der Waals surface area (Å²) in [6.45, 7) is 0.285. The number of rotatable bonds is 5. The van der Waals surface area contributed by atoms with Crippen LogP contribution in [0.25, 0.3) is 0 Å². The summed E-state index contributed by atoms with van der Waals surface area (Å²) in [5.74, 6) is 0.0625. The number of hydrogen-bond acceptors (Lipinski definition) is 4. The zero-order valence-electron chi connectivity index (χ0n) is 12.0. The number of Topliss-reactive ketones (excluding diaryl/α,β-unsaturated/α-hetero) is 1. The Morgan fingerprint density at radius 1 is 1.24 bits per heavy atom. The highest BCUT2D eigenvalue weighted by Gasteiger charge is 2.10. The smallest absolute Gasteiger partial charge is 0.182 e. The van der Waals surface area contributed by atoms with Crippen molar-refractivity contribution in [3.63, 3.8) is 0 Å². The van der Waals surface area contributed by atoms with E-state index in [-0.39, 0.29) is 12.3 Å². The fourth-order valence-electron chi connectivity index (χ4n) is 1.99. The molecule has 0 amide bonds. The lowest BCUT2D eigenvalue weighted by atomic mass is 10.1. The lowest BCUT2D eigenvalue weighted by Crippen LogP contribution is -2.25. The highest BCUT2D eigenvalue weighted by atomic mass is 32.2. The van der Waals surface area contributed by atoms with Crippen molar-refractivity contribution in [2.24, 2.45) is 0 Å². The molecule has 0 fully saturated rings. The van der Waals surface area contributed by atoms with Gasteiger partial charge in [-0.05, 0) is 36.6 Å². The number of thioether (sulfide) groups is 1. The van der Waals surface area contributed by atoms with E-state index >= 15 is 0 Å². The van der Waals surface area contributed by atoms with Gasteiger partial charge < -0.3 is 4.90 Å². The van der Waals surface area contributed by atoms with E-state index in [9.17, 15) is 4.79 Å². The minimum Gasteiger partial charge on any atom is -0.367 e. The van der Waals surface area contributed by atoms with Crippen LogP contribution >= 0.6 is 11.8 Å². The average molecular weight is 296 g/mol. The first kappa shape index (κ1) is 15.1. The number of carbonyl (C=O) groups excluding carboxylic acids is 1. The minimum atomic E-state index is 0.0625. The third-order valence-corrected chi connectivity index (χ3v) is 3.95. The molecule has 2 aromatic carbocycles. The summed E-state index contributed by atoms with van der Waals surface area (Å²) in [4.78, 5) is 15.3. The SMILES string of the molecule is CSc1ccc(C(=O)CN(C)c2cccc(C#N)c2)cc1. The van der Waals surface area contributed by atoms with Crippen LogP contribution in [0.1, 0.15) is 15.9 Å². The van der Waals surface area contributed by atoms with Gasteiger partial charge in [-0.1, -0.05) is 18.2 Å². The first-order chi connectivity index (χ1) is 10.1. The summed E-state index contributed by atoms with van der Waals surface area (Å²) in [6.07, 6.45) is 2.01. The van der Waals surface area contributed by atoms with E-state index in [1.165, 1.54) is 0 Å². The molecule has 0 bridgehead atoms. The molecule has 0 unspecified atom stereocenters. The quantitative estimate of drug-likeness (QED) is 0.624. The van der Waals surface area contributed by atoms with Crippen molar-refractivity contribution in [1.82, 2.24) is 0 Å². The molecule has 0 aromatic heterocycles. The number of ketones is 1. The molecule has 0 spiro atoms. The van der Waals surface area contributed by atoms with Crippen LogP contribution in [0.5, 0.6) is 0 Å². The van der Waals surface area contributed by atoms with E-state index in [1.54, 1.807) is 23.9 Å². The van der Waals surface area contributed by atoms with Gasteiger partial charge in [0.2, 0.25) is 0 Å². The van der Waals surface area contributed by atoms with Crippen LogP contribution in [-0.4, -0.2) is 25.6 Å². The van der Waals surface area contributed by atoms with Crippen molar-refractivity contribution < 1.29 is 4.79 Å². The molecule has 0 aliphatic carbocycles. The second-order valence-electron chi connectivity index (χ2n) is 4.67. The molecule has 4 heteroatoms. The Kier molecular flexibility index (Phi) is 5.02. The zero-order valence-corrected chi connectivity index (χ0v) is 12.9. The van der Waals surface area contributed by atoms with Crippen molar-refractivity contribution in [2.45, 2.75) is 4.90 Å². The lowest BCUT2D eigenvalue weighted by Gasteiger charge is -2.18. The molecule has 0 atom stereocenters. The van der Waals surface area contributed by atoms with E-state index in [4.69, 9.17) is 5.26 Å². The van der Waals surface area contributed by atoms with E-state index in [2.05, 4.69) is 6.07 Å². The normalized spacial score (nSPS) is 9.95. The van der Waals surface area contributed by atoms with Crippen LogP contribution in [-0.2, 0) is 0 Å². The number of benzene rings is 2. The van der Waals surface area contributed by atoms with E-state index in [1.807, 2.05) is 54.6 Å². The Bertz CT molecular complexity index is 674. The fraction of sp³-hybridized carbons (Fsp3) is 0.176. The zero-order chi connectivity index (χ0) is 15.2. The minimum absolute atomic E-state index is 0.0625. The number of nitrogens with zero attached hydrogens (tertiary/aromatic N) is 2. The van der Waals surface area contributed by atoms with Gasteiger partial charge in [0.05, 0.1) is 18.2 Å². The number of hydrogen-bond donors (Lipinski definition) is 0. The Labute approximate surface area is 129 Å². The fourth-order valence-corrected chi connectivity index (χ4v) is 2.40. The van der Waals surface area contributed by atoms with Gasteiger partial charge in [0, 0.05) is 23.2 Å². The molecule has 0 aliphatic rings. The number of carbonyl (C=O) groups is 1. The van der Waals surface area contributed by atoms with Gasteiger partial charge in [-0.2, -0.15) is 5.26 Å². The number of nitriles is 1. The molecule has 2 aromatic rings. The van der Waals surface area contributed by atoms with Gasteiger partial charge in [-0.25, -0.2) is 0 Å². The lowest BCUT2D eigenvalue weighted by molar-refractivity contribution is 0.100. The summed E-state index contributed by atoms with van der Waals surface area (Å²) in [5.41, 5.74) is 2.16. The van der Waals surface area contributed by atoms with Crippen LogP contribution in [0.2, 0.25) is 0 Å². The van der Waals surface area contributed by atoms with Crippen molar-refractivity contribution >= 4 is 23.2 Å². The molecular weight excluding hydrogens is 280 g/mol. The van der Waals surface area contributed by atoms with Gasteiger partial charge in [-0.3, -0.25) is 4.79 Å². The summed E-state index contributed by atoms with van der Waals surface area (Å²) >= 11 is 1.65. The highest BCUT2D eigenvalue weighted by Crippen LogP contribution is 2.17. The standard InChI is InChI=1S/C17H16N2OS/c1-19(15-5-3-4-13(10-15)11-18)12-17(20)14-6-8-16(21-2)9-7-14/h3-10H,12H2,1-2H3. The maximum atomic E-state index is 12.3. The topological polar surface area (TPSA) is 44.1 Å². The number of anilines is 1. The van der Waals surface area contributed by atoms with Gasteiger partial charge in [0.1, 0.15) is 0 Å². The molecule has 106 valence electrons. The molecule has 0 saturated heterocycles. The van der Waals surface area contributed by atoms with E-state index in [0.29, 0.717) is 11.1 Å². The summed E-state index contributed by atoms with van der Waals surface area (Å²) in [5, 5.41) is 8.92. The second-order valence-corrected chi connectivity index (χ2v) is 5.55. The van der Waals surface area contributed by atoms with Crippen LogP contribution < -0.4 is 4.90 Å². The van der Waals surface area contributed by atoms with Crippen LogP contribution in [0.3, 0.4) is 0 Å². The van der Waals surface area contributed by atoms with Crippen molar-refractivity contribution in [1.29, 1.82) is 5.26 Å². The Morgan fingerprint density at radius 3 is 2.57 bits per heavy atom. The first-order valence-corrected chi connectivity index (χ1v) is 7.75. The highest BCUT2D eigenvalue weighted by molar-refractivity contribution is 7.98. The Morgan fingerprint density at radius 2 is 1.95 bits per heavy atom. The maximum absolute atomic E-state index is 12.3. The van der Waals surface area contributed by atoms with Crippen molar-refractivity contribution in [3.8, 4) is 6.07 Å². The molecule has 0 aliphatic heterocycles. The molecule has 3 nitrogen and oxygen atoms in total.